The van der Waals surface area contributed by atoms with Gasteiger partial charge in [0, 0.05) is 31.1 Å². The van der Waals surface area contributed by atoms with Gasteiger partial charge >= 0.3 is 0 Å². The molecule has 2 aromatic rings. The Kier molecular flexibility index (Phi) is 5.33. The molecule has 6 heteroatoms. The first-order valence-electron chi connectivity index (χ1n) is 8.03. The van der Waals surface area contributed by atoms with Crippen LogP contribution in [0.5, 0.6) is 0 Å². The van der Waals surface area contributed by atoms with Gasteiger partial charge < -0.3 is 9.42 Å². The Morgan fingerprint density at radius 1 is 1.30 bits per heavy atom. The number of pyridine rings is 1. The van der Waals surface area contributed by atoms with E-state index in [0.717, 1.165) is 42.4 Å². The Labute approximate surface area is 140 Å². The fraction of sp³-hybridized carbons (Fsp3) is 0.471. The van der Waals surface area contributed by atoms with Crippen LogP contribution < -0.4 is 0 Å². The minimum atomic E-state index is 0.0961. The van der Waals surface area contributed by atoms with Gasteiger partial charge in [-0.25, -0.2) is 4.98 Å². The van der Waals surface area contributed by atoms with Gasteiger partial charge in [0.15, 0.2) is 0 Å². The van der Waals surface area contributed by atoms with Gasteiger partial charge in [-0.1, -0.05) is 29.8 Å². The Morgan fingerprint density at radius 3 is 2.78 bits per heavy atom. The van der Waals surface area contributed by atoms with E-state index in [4.69, 9.17) is 4.52 Å². The number of likely N-dealkylation sites (tertiary alicyclic amines) is 1. The maximum absolute atomic E-state index is 12.8. The van der Waals surface area contributed by atoms with Crippen molar-refractivity contribution in [2.75, 3.05) is 13.1 Å². The summed E-state index contributed by atoms with van der Waals surface area (Å²) in [6, 6.07) is 5.61. The third kappa shape index (κ3) is 4.13. The smallest absolute Gasteiger partial charge is 0.256 e. The Balaban J connectivity index is 1.72. The number of aryl methyl sites for hydroxylation is 1. The number of carbonyl (C=O) groups excluding carboxylic acids is 1. The van der Waals surface area contributed by atoms with Gasteiger partial charge in [0.25, 0.3) is 5.91 Å². The van der Waals surface area contributed by atoms with Gasteiger partial charge in [0.1, 0.15) is 10.8 Å². The number of thioether (sulfide) groups is 1. The molecule has 3 rings (SSSR count). The highest BCUT2D eigenvalue weighted by Crippen LogP contribution is 2.25. The fourth-order valence-electron chi connectivity index (χ4n) is 2.74. The lowest BCUT2D eigenvalue weighted by atomic mass is 10.2. The molecule has 1 amide bonds. The van der Waals surface area contributed by atoms with Crippen LogP contribution in [0.3, 0.4) is 0 Å². The van der Waals surface area contributed by atoms with Gasteiger partial charge in [0.05, 0.1) is 11.3 Å². The number of hydrogen-bond acceptors (Lipinski definition) is 5. The lowest BCUT2D eigenvalue weighted by Crippen LogP contribution is -2.32. The SMILES string of the molecule is Cc1cc(CSc2ncccc2C(=O)N2CCCCCC2)no1. The standard InChI is InChI=1S/C17H21N3O2S/c1-13-11-14(19-22-13)12-23-16-15(7-6-8-18-16)17(21)20-9-4-2-3-5-10-20/h6-8,11H,2-5,9-10,12H2,1H3. The number of rotatable bonds is 4. The maximum Gasteiger partial charge on any atom is 0.256 e. The first kappa shape index (κ1) is 16.1. The summed E-state index contributed by atoms with van der Waals surface area (Å²) >= 11 is 1.53. The second-order valence-electron chi connectivity index (χ2n) is 5.78. The second-order valence-corrected chi connectivity index (χ2v) is 6.74. The van der Waals surface area contributed by atoms with E-state index in [-0.39, 0.29) is 5.91 Å². The highest BCUT2D eigenvalue weighted by molar-refractivity contribution is 7.98. The molecule has 0 saturated carbocycles. The van der Waals surface area contributed by atoms with Crippen molar-refractivity contribution >= 4 is 17.7 Å². The van der Waals surface area contributed by atoms with Crippen LogP contribution in [0.1, 0.15) is 47.5 Å². The van der Waals surface area contributed by atoms with E-state index in [1.54, 1.807) is 6.20 Å². The molecule has 2 aromatic heterocycles. The van der Waals surface area contributed by atoms with E-state index < -0.39 is 0 Å². The van der Waals surface area contributed by atoms with Gasteiger partial charge in [-0.2, -0.15) is 0 Å². The monoisotopic (exact) mass is 331 g/mol. The van der Waals surface area contributed by atoms with E-state index in [0.29, 0.717) is 11.3 Å². The molecule has 23 heavy (non-hydrogen) atoms. The van der Waals surface area contributed by atoms with E-state index >= 15 is 0 Å². The average molecular weight is 331 g/mol. The van der Waals surface area contributed by atoms with E-state index in [1.807, 2.05) is 30.0 Å². The lowest BCUT2D eigenvalue weighted by Gasteiger charge is -2.21. The zero-order valence-electron chi connectivity index (χ0n) is 13.3. The minimum absolute atomic E-state index is 0.0961. The van der Waals surface area contributed by atoms with Gasteiger partial charge in [-0.05, 0) is 31.9 Å². The van der Waals surface area contributed by atoms with Crippen molar-refractivity contribution in [2.45, 2.75) is 43.4 Å². The maximum atomic E-state index is 12.8. The quantitative estimate of drug-likeness (QED) is 0.800. The Bertz CT molecular complexity index is 663. The predicted octanol–water partition coefficient (Wildman–Crippen LogP) is 3.69. The van der Waals surface area contributed by atoms with E-state index in [2.05, 4.69) is 10.1 Å². The lowest BCUT2D eigenvalue weighted by molar-refractivity contribution is 0.0757. The molecule has 122 valence electrons. The van der Waals surface area contributed by atoms with Crippen molar-refractivity contribution in [3.05, 3.63) is 41.4 Å². The van der Waals surface area contributed by atoms with Gasteiger partial charge in [-0.3, -0.25) is 4.79 Å². The number of nitrogens with zero attached hydrogens (tertiary/aromatic N) is 3. The zero-order chi connectivity index (χ0) is 16.1. The molecule has 1 aliphatic heterocycles. The highest BCUT2D eigenvalue weighted by atomic mass is 32.2. The topological polar surface area (TPSA) is 59.2 Å². The molecule has 0 spiro atoms. The normalized spacial score (nSPS) is 15.4. The molecule has 0 atom stereocenters. The molecule has 1 aliphatic rings. The first-order valence-corrected chi connectivity index (χ1v) is 9.02. The molecule has 1 saturated heterocycles. The van der Waals surface area contributed by atoms with Gasteiger partial charge in [-0.15, -0.1) is 0 Å². The Hall–Kier alpha value is -1.82. The van der Waals surface area contributed by atoms with Crippen LogP contribution in [0.25, 0.3) is 0 Å². The summed E-state index contributed by atoms with van der Waals surface area (Å²) in [7, 11) is 0. The van der Waals surface area contributed by atoms with Crippen molar-refractivity contribution in [1.82, 2.24) is 15.0 Å². The second kappa shape index (κ2) is 7.64. The zero-order valence-corrected chi connectivity index (χ0v) is 14.1. The van der Waals surface area contributed by atoms with Gasteiger partial charge in [0.2, 0.25) is 0 Å². The summed E-state index contributed by atoms with van der Waals surface area (Å²) in [5, 5.41) is 4.75. The number of hydrogen-bond donors (Lipinski definition) is 0. The Morgan fingerprint density at radius 2 is 2.09 bits per heavy atom. The van der Waals surface area contributed by atoms with Crippen LogP contribution in [0, 0.1) is 6.92 Å². The summed E-state index contributed by atoms with van der Waals surface area (Å²) in [6.45, 7) is 3.57. The molecule has 0 bridgehead atoms. The predicted molar refractivity (Wildman–Crippen MR) is 89.4 cm³/mol. The molecule has 0 aromatic carbocycles. The molecular weight excluding hydrogens is 310 g/mol. The van der Waals surface area contributed by atoms with E-state index in [1.165, 1.54) is 24.6 Å². The number of carbonyl (C=O) groups is 1. The van der Waals surface area contributed by atoms with Crippen LogP contribution >= 0.6 is 11.8 Å². The van der Waals surface area contributed by atoms with Crippen molar-refractivity contribution < 1.29 is 9.32 Å². The first-order chi connectivity index (χ1) is 11.2. The van der Waals surface area contributed by atoms with Crippen LogP contribution in [0.15, 0.2) is 33.9 Å². The summed E-state index contributed by atoms with van der Waals surface area (Å²) in [4.78, 5) is 19.2. The van der Waals surface area contributed by atoms with Crippen molar-refractivity contribution in [1.29, 1.82) is 0 Å². The molecule has 1 fully saturated rings. The van der Waals surface area contributed by atoms with Crippen molar-refractivity contribution in [3.63, 3.8) is 0 Å². The molecule has 3 heterocycles. The molecule has 0 radical (unpaired) electrons. The van der Waals surface area contributed by atoms with Crippen LogP contribution in [0.2, 0.25) is 0 Å². The third-order valence-electron chi connectivity index (χ3n) is 3.93. The molecule has 0 unspecified atom stereocenters. The summed E-state index contributed by atoms with van der Waals surface area (Å²) in [6.07, 6.45) is 6.34. The molecule has 0 N–H and O–H groups in total. The minimum Gasteiger partial charge on any atom is -0.361 e. The van der Waals surface area contributed by atoms with Crippen molar-refractivity contribution in [2.24, 2.45) is 0 Å². The summed E-state index contributed by atoms with van der Waals surface area (Å²) in [5.74, 6) is 1.54. The molecular formula is C17H21N3O2S. The molecule has 0 aliphatic carbocycles. The van der Waals surface area contributed by atoms with Crippen LogP contribution in [0.4, 0.5) is 0 Å². The van der Waals surface area contributed by atoms with Crippen molar-refractivity contribution in [3.8, 4) is 0 Å². The molecule has 5 nitrogen and oxygen atoms in total. The largest absolute Gasteiger partial charge is 0.361 e. The third-order valence-corrected chi connectivity index (χ3v) is 4.97. The number of aromatic nitrogens is 2. The van der Waals surface area contributed by atoms with E-state index in [9.17, 15) is 4.79 Å². The summed E-state index contributed by atoms with van der Waals surface area (Å²) in [5.41, 5.74) is 1.56. The van der Waals surface area contributed by atoms with Crippen LogP contribution in [-0.2, 0) is 5.75 Å². The van der Waals surface area contributed by atoms with Crippen LogP contribution in [-0.4, -0.2) is 34.0 Å². The number of amides is 1. The average Bonchev–Trinajstić information content (AvgIpc) is 2.82. The summed E-state index contributed by atoms with van der Waals surface area (Å²) < 4.78 is 5.08. The highest BCUT2D eigenvalue weighted by Gasteiger charge is 2.20. The fourth-order valence-corrected chi connectivity index (χ4v) is 3.61.